The van der Waals surface area contributed by atoms with Crippen LogP contribution in [-0.4, -0.2) is 25.0 Å². The van der Waals surface area contributed by atoms with Crippen molar-refractivity contribution in [3.05, 3.63) is 18.2 Å². The zero-order valence-electron chi connectivity index (χ0n) is 10.2. The predicted octanol–water partition coefficient (Wildman–Crippen LogP) is 3.03. The smallest absolute Gasteiger partial charge is 0.379 e. The normalized spacial score (nSPS) is 14.1. The zero-order chi connectivity index (χ0) is 12.9. The summed E-state index contributed by atoms with van der Waals surface area (Å²) in [6.45, 7) is 3.72. The molecule has 0 saturated carbocycles. The molecule has 0 heterocycles. The Balaban J connectivity index is 2.96. The number of methoxy groups -OCH3 is 1. The molecule has 0 aliphatic rings. The monoisotopic (exact) mass is 260 g/mol. The number of aromatic hydroxyl groups is 1. The van der Waals surface area contributed by atoms with Gasteiger partial charge < -0.3 is 18.9 Å². The summed E-state index contributed by atoms with van der Waals surface area (Å²) in [5, 5.41) is 9.60. The third kappa shape index (κ3) is 3.65. The Morgan fingerprint density at radius 3 is 2.59 bits per heavy atom. The maximum Gasteiger partial charge on any atom is 0.379 e. The van der Waals surface area contributed by atoms with E-state index < -0.39 is 7.60 Å². The molecular formula is C11H17O5P. The van der Waals surface area contributed by atoms with Crippen LogP contribution < -0.4 is 9.26 Å². The van der Waals surface area contributed by atoms with Gasteiger partial charge in [0.25, 0.3) is 0 Å². The van der Waals surface area contributed by atoms with Crippen molar-refractivity contribution >= 4 is 7.60 Å². The van der Waals surface area contributed by atoms with E-state index in [0.717, 1.165) is 0 Å². The molecule has 0 aromatic heterocycles. The van der Waals surface area contributed by atoms with E-state index in [9.17, 15) is 9.67 Å². The van der Waals surface area contributed by atoms with Crippen molar-refractivity contribution in [3.8, 4) is 17.2 Å². The van der Waals surface area contributed by atoms with Crippen molar-refractivity contribution in [2.45, 2.75) is 13.8 Å². The van der Waals surface area contributed by atoms with Crippen LogP contribution in [0.15, 0.2) is 18.2 Å². The summed E-state index contributed by atoms with van der Waals surface area (Å²) in [7, 11) is -1.70. The van der Waals surface area contributed by atoms with E-state index in [1.165, 1.54) is 19.2 Å². The van der Waals surface area contributed by atoms with Crippen LogP contribution in [0.5, 0.6) is 17.2 Å². The van der Waals surface area contributed by atoms with Crippen LogP contribution in [-0.2, 0) is 9.09 Å². The van der Waals surface area contributed by atoms with E-state index in [4.69, 9.17) is 13.8 Å². The van der Waals surface area contributed by atoms with Gasteiger partial charge in [0.05, 0.1) is 19.9 Å². The Labute approximate surface area is 101 Å². The van der Waals surface area contributed by atoms with Gasteiger partial charge in [-0.25, -0.2) is 4.57 Å². The lowest BCUT2D eigenvalue weighted by atomic mass is 10.3. The van der Waals surface area contributed by atoms with Gasteiger partial charge >= 0.3 is 7.60 Å². The summed E-state index contributed by atoms with van der Waals surface area (Å²) in [6, 6.07) is 4.47. The molecule has 0 bridgehead atoms. The summed E-state index contributed by atoms with van der Waals surface area (Å²) in [4.78, 5) is 0. The maximum atomic E-state index is 12.1. The molecule has 1 unspecified atom stereocenters. The first-order chi connectivity index (χ1) is 8.04. The van der Waals surface area contributed by atoms with Crippen molar-refractivity contribution in [2.24, 2.45) is 0 Å². The fourth-order valence-corrected chi connectivity index (χ4v) is 2.43. The number of phenols is 1. The molecule has 0 radical (unpaired) electrons. The highest BCUT2D eigenvalue weighted by Crippen LogP contribution is 2.50. The number of hydrogen-bond acceptors (Lipinski definition) is 5. The van der Waals surface area contributed by atoms with Crippen LogP contribution >= 0.6 is 7.60 Å². The molecular weight excluding hydrogens is 243 g/mol. The second kappa shape index (κ2) is 5.94. The molecule has 0 saturated heterocycles. The molecule has 1 N–H and O–H groups in total. The molecule has 5 nitrogen and oxygen atoms in total. The lowest BCUT2D eigenvalue weighted by Crippen LogP contribution is -2.00. The molecule has 1 atom stereocenters. The lowest BCUT2D eigenvalue weighted by Gasteiger charge is -2.18. The number of hydrogen-bond donors (Lipinski definition) is 1. The predicted molar refractivity (Wildman–Crippen MR) is 65.1 cm³/mol. The lowest BCUT2D eigenvalue weighted by molar-refractivity contribution is 0.276. The fourth-order valence-electron chi connectivity index (χ4n) is 1.22. The molecule has 96 valence electrons. The van der Waals surface area contributed by atoms with Gasteiger partial charge in [0, 0.05) is 6.07 Å². The Hall–Kier alpha value is -1.19. The van der Waals surface area contributed by atoms with Crippen LogP contribution in [0.25, 0.3) is 0 Å². The maximum absolute atomic E-state index is 12.1. The van der Waals surface area contributed by atoms with Gasteiger partial charge in [-0.3, -0.25) is 0 Å². The molecule has 1 aromatic rings. The SMILES string of the molecule is CCOP(=O)(CC)Oc1cc(OC)ccc1O. The average molecular weight is 260 g/mol. The number of benzene rings is 1. The fraction of sp³-hybridized carbons (Fsp3) is 0.455. The van der Waals surface area contributed by atoms with Crippen molar-refractivity contribution in [1.82, 2.24) is 0 Å². The summed E-state index contributed by atoms with van der Waals surface area (Å²) in [5.74, 6) is 0.513. The van der Waals surface area contributed by atoms with Crippen LogP contribution in [0.1, 0.15) is 13.8 Å². The Bertz CT molecular complexity index is 418. The van der Waals surface area contributed by atoms with Gasteiger partial charge in [0.2, 0.25) is 0 Å². The van der Waals surface area contributed by atoms with Crippen LogP contribution in [0.2, 0.25) is 0 Å². The molecule has 1 aromatic carbocycles. The van der Waals surface area contributed by atoms with Crippen molar-refractivity contribution in [1.29, 1.82) is 0 Å². The highest BCUT2D eigenvalue weighted by atomic mass is 31.2. The van der Waals surface area contributed by atoms with Crippen molar-refractivity contribution < 1.29 is 23.5 Å². The number of ether oxygens (including phenoxy) is 1. The standard InChI is InChI=1S/C11H17O5P/c1-4-15-17(13,5-2)16-11-8-9(14-3)6-7-10(11)12/h6-8,12H,4-5H2,1-3H3. The zero-order valence-corrected chi connectivity index (χ0v) is 11.1. The topological polar surface area (TPSA) is 65.0 Å². The molecule has 17 heavy (non-hydrogen) atoms. The minimum atomic E-state index is -3.19. The van der Waals surface area contributed by atoms with Gasteiger partial charge in [-0.2, -0.15) is 0 Å². The minimum Gasteiger partial charge on any atom is -0.504 e. The third-order valence-electron chi connectivity index (χ3n) is 2.12. The molecule has 0 spiro atoms. The summed E-state index contributed by atoms with van der Waals surface area (Å²) < 4.78 is 27.5. The highest BCUT2D eigenvalue weighted by Gasteiger charge is 2.24. The van der Waals surface area contributed by atoms with E-state index in [-0.39, 0.29) is 24.3 Å². The van der Waals surface area contributed by atoms with Crippen LogP contribution in [0, 0.1) is 0 Å². The van der Waals surface area contributed by atoms with Crippen LogP contribution in [0.4, 0.5) is 0 Å². The molecule has 0 aliphatic carbocycles. The summed E-state index contributed by atoms with van der Waals surface area (Å²) >= 11 is 0. The largest absolute Gasteiger partial charge is 0.504 e. The Morgan fingerprint density at radius 2 is 2.06 bits per heavy atom. The van der Waals surface area contributed by atoms with E-state index in [1.807, 2.05) is 0 Å². The molecule has 6 heteroatoms. The number of rotatable bonds is 6. The van der Waals surface area contributed by atoms with E-state index >= 15 is 0 Å². The van der Waals surface area contributed by atoms with Gasteiger partial charge in [-0.15, -0.1) is 0 Å². The third-order valence-corrected chi connectivity index (χ3v) is 4.02. The second-order valence-electron chi connectivity index (χ2n) is 3.27. The van der Waals surface area contributed by atoms with E-state index in [2.05, 4.69) is 0 Å². The second-order valence-corrected chi connectivity index (χ2v) is 5.56. The highest BCUT2D eigenvalue weighted by molar-refractivity contribution is 7.54. The average Bonchev–Trinajstić information content (AvgIpc) is 2.32. The summed E-state index contributed by atoms with van der Waals surface area (Å²) in [6.07, 6.45) is 0.234. The van der Waals surface area contributed by atoms with Gasteiger partial charge in [-0.05, 0) is 19.1 Å². The molecule has 0 amide bonds. The molecule has 0 aliphatic heterocycles. The van der Waals surface area contributed by atoms with E-state index in [1.54, 1.807) is 19.9 Å². The van der Waals surface area contributed by atoms with Crippen molar-refractivity contribution in [3.63, 3.8) is 0 Å². The van der Waals surface area contributed by atoms with Gasteiger partial charge in [-0.1, -0.05) is 6.92 Å². The first-order valence-corrected chi connectivity index (χ1v) is 7.07. The Morgan fingerprint density at radius 1 is 1.35 bits per heavy atom. The van der Waals surface area contributed by atoms with Gasteiger partial charge in [0.1, 0.15) is 5.75 Å². The quantitative estimate of drug-likeness (QED) is 0.796. The molecule has 1 rings (SSSR count). The number of phenolic OH excluding ortho intramolecular Hbond substituents is 1. The van der Waals surface area contributed by atoms with Gasteiger partial charge in [0.15, 0.2) is 11.5 Å². The molecule has 0 fully saturated rings. The Kier molecular flexibility index (Phi) is 4.85. The minimum absolute atomic E-state index is 0.0980. The first kappa shape index (κ1) is 13.9. The van der Waals surface area contributed by atoms with E-state index in [0.29, 0.717) is 5.75 Å². The summed E-state index contributed by atoms with van der Waals surface area (Å²) in [5.41, 5.74) is 0. The van der Waals surface area contributed by atoms with Crippen LogP contribution in [0.3, 0.4) is 0 Å². The van der Waals surface area contributed by atoms with Crippen molar-refractivity contribution in [2.75, 3.05) is 19.9 Å². The first-order valence-electron chi connectivity index (χ1n) is 5.34.